The zero-order valence-electron chi connectivity index (χ0n) is 18.4. The molecule has 1 saturated carbocycles. The van der Waals surface area contributed by atoms with E-state index < -0.39 is 9.84 Å². The molecule has 4 aromatic rings. The van der Waals surface area contributed by atoms with Crippen LogP contribution in [0.1, 0.15) is 34.7 Å². The average molecular weight is 467 g/mol. The number of rotatable bonds is 7. The normalized spacial score (nSPS) is 17.3. The van der Waals surface area contributed by atoms with Crippen LogP contribution in [0.5, 0.6) is 0 Å². The first-order valence-corrected chi connectivity index (χ1v) is 12.8. The van der Waals surface area contributed by atoms with E-state index in [4.69, 9.17) is 0 Å². The van der Waals surface area contributed by atoms with Crippen molar-refractivity contribution in [1.29, 1.82) is 5.26 Å². The maximum absolute atomic E-state index is 12.9. The molecule has 6 heteroatoms. The molecule has 1 aromatic heterocycles. The standard InChI is InChI=1S/C28H22N2O3S/c29-17-22-5-3-4-20-8-7-19(14-25(20)22)15-28(31)27-16-26(27)21-9-11-24(12-10-21)34(32,33)18-23-6-1-2-13-30-23/h1-14,26-27H,15-16,18H2/t26?,27-/m1/s1. The van der Waals surface area contributed by atoms with E-state index in [0.717, 1.165) is 28.3 Å². The lowest BCUT2D eigenvalue weighted by Gasteiger charge is -2.07. The second-order valence-electron chi connectivity index (χ2n) is 8.71. The van der Waals surface area contributed by atoms with Gasteiger partial charge in [0.1, 0.15) is 5.78 Å². The highest BCUT2D eigenvalue weighted by molar-refractivity contribution is 7.90. The zero-order chi connectivity index (χ0) is 23.7. The van der Waals surface area contributed by atoms with Crippen molar-refractivity contribution in [2.75, 3.05) is 0 Å². The summed E-state index contributed by atoms with van der Waals surface area (Å²) in [5.74, 6) is 0.0930. The third-order valence-electron chi connectivity index (χ3n) is 6.38. The second kappa shape index (κ2) is 8.85. The van der Waals surface area contributed by atoms with E-state index in [2.05, 4.69) is 11.1 Å². The van der Waals surface area contributed by atoms with Crippen LogP contribution < -0.4 is 0 Å². The molecule has 5 nitrogen and oxygen atoms in total. The monoisotopic (exact) mass is 466 g/mol. The van der Waals surface area contributed by atoms with Gasteiger partial charge in [0.05, 0.1) is 28.0 Å². The summed E-state index contributed by atoms with van der Waals surface area (Å²) in [4.78, 5) is 17.3. The highest BCUT2D eigenvalue weighted by Crippen LogP contribution is 2.48. The number of benzene rings is 3. The van der Waals surface area contributed by atoms with Crippen molar-refractivity contribution >= 4 is 26.4 Å². The molecule has 1 unspecified atom stereocenters. The zero-order valence-corrected chi connectivity index (χ0v) is 19.2. The van der Waals surface area contributed by atoms with E-state index in [9.17, 15) is 18.5 Å². The number of fused-ring (bicyclic) bond motifs is 1. The lowest BCUT2D eigenvalue weighted by atomic mass is 9.98. The number of aromatic nitrogens is 1. The summed E-state index contributed by atoms with van der Waals surface area (Å²) >= 11 is 0. The van der Waals surface area contributed by atoms with Crippen molar-refractivity contribution in [2.24, 2.45) is 5.92 Å². The van der Waals surface area contributed by atoms with Crippen LogP contribution in [0.25, 0.3) is 10.8 Å². The van der Waals surface area contributed by atoms with Gasteiger partial charge in [0.15, 0.2) is 9.84 Å². The van der Waals surface area contributed by atoms with Crippen molar-refractivity contribution in [1.82, 2.24) is 4.98 Å². The minimum atomic E-state index is -3.48. The van der Waals surface area contributed by atoms with Crippen LogP contribution in [0.3, 0.4) is 0 Å². The minimum absolute atomic E-state index is 0.0575. The molecular formula is C28H22N2O3S. The summed E-state index contributed by atoms with van der Waals surface area (Å²) in [5, 5.41) is 11.2. The Bertz CT molecular complexity index is 1520. The van der Waals surface area contributed by atoms with Crippen LogP contribution in [0.15, 0.2) is 90.0 Å². The molecule has 3 aromatic carbocycles. The second-order valence-corrected chi connectivity index (χ2v) is 10.7. The highest BCUT2D eigenvalue weighted by Gasteiger charge is 2.43. The predicted molar refractivity (Wildman–Crippen MR) is 130 cm³/mol. The highest BCUT2D eigenvalue weighted by atomic mass is 32.2. The molecule has 0 amide bonds. The number of Topliss-reactive ketones (excluding diaryl/α,β-unsaturated/α-hetero) is 1. The fourth-order valence-corrected chi connectivity index (χ4v) is 5.74. The molecule has 2 atom stereocenters. The fourth-order valence-electron chi connectivity index (χ4n) is 4.46. The van der Waals surface area contributed by atoms with Crippen LogP contribution in [0.2, 0.25) is 0 Å². The smallest absolute Gasteiger partial charge is 0.184 e. The summed E-state index contributed by atoms with van der Waals surface area (Å²) in [5.41, 5.74) is 3.01. The van der Waals surface area contributed by atoms with Crippen LogP contribution in [0.4, 0.5) is 0 Å². The topological polar surface area (TPSA) is 87.9 Å². The number of hydrogen-bond acceptors (Lipinski definition) is 5. The van der Waals surface area contributed by atoms with Gasteiger partial charge in [0.25, 0.3) is 0 Å². The molecule has 1 heterocycles. The number of carbonyl (C=O) groups is 1. The lowest BCUT2D eigenvalue weighted by Crippen LogP contribution is -2.07. The van der Waals surface area contributed by atoms with Gasteiger partial charge in [0.2, 0.25) is 0 Å². The average Bonchev–Trinajstić information content (AvgIpc) is 3.65. The van der Waals surface area contributed by atoms with E-state index >= 15 is 0 Å². The maximum atomic E-state index is 12.9. The maximum Gasteiger partial charge on any atom is 0.184 e. The summed E-state index contributed by atoms with van der Waals surface area (Å²) in [7, 11) is -3.48. The van der Waals surface area contributed by atoms with Gasteiger partial charge in [-0.15, -0.1) is 0 Å². The number of ketones is 1. The van der Waals surface area contributed by atoms with Gasteiger partial charge in [-0.05, 0) is 70.6 Å². The number of pyridine rings is 1. The summed E-state index contributed by atoms with van der Waals surface area (Å²) in [6.07, 6.45) is 2.68. The summed E-state index contributed by atoms with van der Waals surface area (Å²) in [6, 6.07) is 25.7. The van der Waals surface area contributed by atoms with E-state index in [0.29, 0.717) is 17.7 Å². The quantitative estimate of drug-likeness (QED) is 0.383. The molecule has 0 bridgehead atoms. The molecule has 0 aliphatic heterocycles. The van der Waals surface area contributed by atoms with Crippen molar-refractivity contribution < 1.29 is 13.2 Å². The Labute approximate surface area is 198 Å². The molecule has 1 aliphatic rings. The Morgan fingerprint density at radius 3 is 2.56 bits per heavy atom. The molecule has 0 saturated heterocycles. The number of sulfone groups is 1. The Balaban J connectivity index is 1.26. The van der Waals surface area contributed by atoms with Gasteiger partial charge in [-0.3, -0.25) is 9.78 Å². The number of hydrogen-bond donors (Lipinski definition) is 0. The summed E-state index contributed by atoms with van der Waals surface area (Å²) < 4.78 is 25.4. The lowest BCUT2D eigenvalue weighted by molar-refractivity contribution is -0.119. The van der Waals surface area contributed by atoms with Gasteiger partial charge < -0.3 is 0 Å². The molecular weight excluding hydrogens is 444 g/mol. The Hall–Kier alpha value is -3.82. The number of carbonyl (C=O) groups excluding carboxylic acids is 1. The van der Waals surface area contributed by atoms with Gasteiger partial charge in [-0.25, -0.2) is 8.42 Å². The summed E-state index contributed by atoms with van der Waals surface area (Å²) in [6.45, 7) is 0. The first-order valence-electron chi connectivity index (χ1n) is 11.1. The Kier molecular flexibility index (Phi) is 5.72. The minimum Gasteiger partial charge on any atom is -0.299 e. The van der Waals surface area contributed by atoms with Gasteiger partial charge in [0, 0.05) is 18.5 Å². The van der Waals surface area contributed by atoms with Crippen molar-refractivity contribution in [3.63, 3.8) is 0 Å². The molecule has 1 aliphatic carbocycles. The molecule has 0 radical (unpaired) electrons. The van der Waals surface area contributed by atoms with Crippen molar-refractivity contribution in [2.45, 2.75) is 29.4 Å². The molecule has 1 fully saturated rings. The van der Waals surface area contributed by atoms with Crippen LogP contribution in [0, 0.1) is 17.2 Å². The van der Waals surface area contributed by atoms with E-state index in [1.165, 1.54) is 0 Å². The first kappa shape index (κ1) is 22.0. The van der Waals surface area contributed by atoms with E-state index in [-0.39, 0.29) is 28.3 Å². The SMILES string of the molecule is N#Cc1cccc2ccc(CC(=O)[C@@H]3CC3c3ccc(S(=O)(=O)Cc4ccccn4)cc3)cc12. The molecule has 0 spiro atoms. The van der Waals surface area contributed by atoms with Crippen molar-refractivity contribution in [3.8, 4) is 6.07 Å². The number of nitriles is 1. The Morgan fingerprint density at radius 1 is 1.00 bits per heavy atom. The molecule has 168 valence electrons. The Morgan fingerprint density at radius 2 is 1.82 bits per heavy atom. The number of nitrogens with zero attached hydrogens (tertiary/aromatic N) is 2. The van der Waals surface area contributed by atoms with E-state index in [1.807, 2.05) is 42.5 Å². The molecule has 5 rings (SSSR count). The third-order valence-corrected chi connectivity index (χ3v) is 8.05. The van der Waals surface area contributed by atoms with Gasteiger partial charge in [-0.1, -0.05) is 42.5 Å². The third kappa shape index (κ3) is 4.48. The van der Waals surface area contributed by atoms with Crippen LogP contribution in [-0.4, -0.2) is 19.2 Å². The van der Waals surface area contributed by atoms with E-state index in [1.54, 1.807) is 42.6 Å². The largest absolute Gasteiger partial charge is 0.299 e. The molecule has 34 heavy (non-hydrogen) atoms. The van der Waals surface area contributed by atoms with Gasteiger partial charge >= 0.3 is 0 Å². The van der Waals surface area contributed by atoms with Crippen LogP contribution in [-0.2, 0) is 26.8 Å². The first-order chi connectivity index (χ1) is 16.4. The van der Waals surface area contributed by atoms with Crippen LogP contribution >= 0.6 is 0 Å². The molecule has 0 N–H and O–H groups in total. The van der Waals surface area contributed by atoms with Crippen molar-refractivity contribution in [3.05, 3.63) is 107 Å². The fraction of sp³-hybridized carbons (Fsp3) is 0.179. The predicted octanol–water partition coefficient (Wildman–Crippen LogP) is 5.00. The van der Waals surface area contributed by atoms with Gasteiger partial charge in [-0.2, -0.15) is 5.26 Å².